The van der Waals surface area contributed by atoms with Gasteiger partial charge in [0.15, 0.2) is 11.5 Å². The van der Waals surface area contributed by atoms with Crippen LogP contribution in [0.15, 0.2) is 22.2 Å². The fourth-order valence-corrected chi connectivity index (χ4v) is 3.77. The first-order chi connectivity index (χ1) is 9.86. The van der Waals surface area contributed by atoms with Crippen molar-refractivity contribution in [3.05, 3.63) is 23.0 Å². The van der Waals surface area contributed by atoms with E-state index in [0.29, 0.717) is 0 Å². The predicted molar refractivity (Wildman–Crippen MR) is 78.4 cm³/mol. The first kappa shape index (κ1) is 12.3. The first-order valence-electron chi connectivity index (χ1n) is 8.06. The molecule has 1 saturated heterocycles. The Hall–Kier alpha value is -1.45. The molecule has 1 spiro atoms. The van der Waals surface area contributed by atoms with Crippen LogP contribution in [-0.2, 0) is 0 Å². The summed E-state index contributed by atoms with van der Waals surface area (Å²) in [6, 6.07) is 2.04. The Kier molecular flexibility index (Phi) is 2.97. The highest BCUT2D eigenvalue weighted by molar-refractivity contribution is 5.38. The maximum Gasteiger partial charge on any atom is 0.156 e. The Bertz CT molecular complexity index is 610. The number of rotatable bonds is 1. The molecule has 4 rings (SSSR count). The summed E-state index contributed by atoms with van der Waals surface area (Å²) in [4.78, 5) is 17.0. The maximum absolute atomic E-state index is 5.05. The molecule has 0 atom stereocenters. The first-order valence-corrected chi connectivity index (χ1v) is 8.06. The fourth-order valence-electron chi connectivity index (χ4n) is 3.77. The van der Waals surface area contributed by atoms with Crippen molar-refractivity contribution in [3.63, 3.8) is 0 Å². The van der Waals surface area contributed by atoms with Gasteiger partial charge >= 0.3 is 0 Å². The average molecular weight is 270 g/mol. The number of hydrogen-bond donors (Lipinski definition) is 0. The second-order valence-corrected chi connectivity index (χ2v) is 6.32. The molecule has 106 valence electrons. The summed E-state index contributed by atoms with van der Waals surface area (Å²) in [5, 5.41) is 2.14. The van der Waals surface area contributed by atoms with Crippen LogP contribution in [0.4, 0.5) is 5.82 Å². The highest BCUT2D eigenvalue weighted by Crippen LogP contribution is 2.33. The monoisotopic (exact) mass is 270 g/mol. The van der Waals surface area contributed by atoms with Gasteiger partial charge in [0.2, 0.25) is 0 Å². The third-order valence-corrected chi connectivity index (χ3v) is 4.84. The van der Waals surface area contributed by atoms with Crippen molar-refractivity contribution in [2.75, 3.05) is 18.0 Å². The van der Waals surface area contributed by atoms with Crippen LogP contribution in [0.25, 0.3) is 0 Å². The van der Waals surface area contributed by atoms with Gasteiger partial charge in [-0.15, -0.1) is 0 Å². The Balaban J connectivity index is 1.77. The molecule has 1 aromatic rings. The number of pyridine rings is 1. The number of nitrogens with zero attached hydrogens (tertiary/aromatic N) is 4. The van der Waals surface area contributed by atoms with Crippen LogP contribution >= 0.6 is 0 Å². The van der Waals surface area contributed by atoms with Crippen molar-refractivity contribution < 1.29 is 0 Å². The molecule has 3 aliphatic rings. The van der Waals surface area contributed by atoms with Crippen molar-refractivity contribution in [1.82, 2.24) is 4.98 Å². The fraction of sp³-hybridized carbons (Fsp3) is 0.688. The van der Waals surface area contributed by atoms with Gasteiger partial charge in [0.05, 0.1) is 5.36 Å². The summed E-state index contributed by atoms with van der Waals surface area (Å²) in [6.45, 7) is 2.23. The minimum absolute atomic E-state index is 0.145. The lowest BCUT2D eigenvalue weighted by Crippen LogP contribution is -2.38. The van der Waals surface area contributed by atoms with Gasteiger partial charge in [-0.05, 0) is 51.0 Å². The summed E-state index contributed by atoms with van der Waals surface area (Å²) in [7, 11) is 0. The minimum atomic E-state index is -0.145. The Morgan fingerprint density at radius 2 is 1.65 bits per heavy atom. The van der Waals surface area contributed by atoms with E-state index < -0.39 is 0 Å². The van der Waals surface area contributed by atoms with Gasteiger partial charge < -0.3 is 4.90 Å². The SMILES string of the molecule is c1cc2c(c(N3CCCCC3)n1)=NC1(CCCCC1)N=2. The Morgan fingerprint density at radius 3 is 2.45 bits per heavy atom. The molecule has 0 unspecified atom stereocenters. The van der Waals surface area contributed by atoms with E-state index in [9.17, 15) is 0 Å². The maximum atomic E-state index is 5.05. The smallest absolute Gasteiger partial charge is 0.156 e. The molecular formula is C16H22N4. The molecule has 20 heavy (non-hydrogen) atoms. The lowest BCUT2D eigenvalue weighted by atomic mass is 9.90. The third-order valence-electron chi connectivity index (χ3n) is 4.84. The summed E-state index contributed by atoms with van der Waals surface area (Å²) >= 11 is 0. The van der Waals surface area contributed by atoms with Gasteiger partial charge in [-0.2, -0.15) is 0 Å². The number of piperidine rings is 1. The van der Waals surface area contributed by atoms with Crippen molar-refractivity contribution in [2.45, 2.75) is 57.0 Å². The van der Waals surface area contributed by atoms with Gasteiger partial charge in [-0.25, -0.2) is 9.98 Å². The highest BCUT2D eigenvalue weighted by atomic mass is 15.2. The zero-order valence-electron chi connectivity index (χ0n) is 12.0. The summed E-state index contributed by atoms with van der Waals surface area (Å²) < 4.78 is 0. The third kappa shape index (κ3) is 2.02. The number of aromatic nitrogens is 1. The van der Waals surface area contributed by atoms with Crippen molar-refractivity contribution >= 4 is 5.82 Å². The number of anilines is 1. The van der Waals surface area contributed by atoms with E-state index >= 15 is 0 Å². The molecule has 1 aliphatic carbocycles. The molecule has 1 saturated carbocycles. The number of fused-ring (bicyclic) bond motifs is 1. The van der Waals surface area contributed by atoms with Gasteiger partial charge in [0.1, 0.15) is 5.36 Å². The average Bonchev–Trinajstić information content (AvgIpc) is 2.86. The largest absolute Gasteiger partial charge is 0.355 e. The molecule has 4 nitrogen and oxygen atoms in total. The van der Waals surface area contributed by atoms with Crippen LogP contribution in [0.5, 0.6) is 0 Å². The highest BCUT2D eigenvalue weighted by Gasteiger charge is 2.34. The molecular weight excluding hydrogens is 248 g/mol. The van der Waals surface area contributed by atoms with Crippen molar-refractivity contribution in [1.29, 1.82) is 0 Å². The molecule has 0 N–H and O–H groups in total. The van der Waals surface area contributed by atoms with Crippen LogP contribution in [0.1, 0.15) is 51.4 Å². The Morgan fingerprint density at radius 1 is 0.900 bits per heavy atom. The molecule has 3 heterocycles. The lowest BCUT2D eigenvalue weighted by molar-refractivity contribution is 0.309. The van der Waals surface area contributed by atoms with Gasteiger partial charge in [-0.3, -0.25) is 4.99 Å². The predicted octanol–water partition coefficient (Wildman–Crippen LogP) is 1.99. The lowest BCUT2D eigenvalue weighted by Gasteiger charge is -2.28. The summed E-state index contributed by atoms with van der Waals surface area (Å²) in [5.41, 5.74) is -0.145. The molecule has 0 radical (unpaired) electrons. The number of hydrogen-bond acceptors (Lipinski definition) is 4. The Labute approximate surface area is 119 Å². The molecule has 1 aromatic heterocycles. The summed E-state index contributed by atoms with van der Waals surface area (Å²) in [5.74, 6) is 1.08. The molecule has 2 aliphatic heterocycles. The van der Waals surface area contributed by atoms with Crippen LogP contribution < -0.4 is 15.6 Å². The summed E-state index contributed by atoms with van der Waals surface area (Å²) in [6.07, 6.45) is 11.9. The van der Waals surface area contributed by atoms with E-state index in [1.807, 2.05) is 12.3 Å². The molecule has 0 bridgehead atoms. The molecule has 0 aromatic carbocycles. The van der Waals surface area contributed by atoms with E-state index in [1.165, 1.54) is 38.5 Å². The molecule has 2 fully saturated rings. The van der Waals surface area contributed by atoms with Crippen LogP contribution in [-0.4, -0.2) is 23.7 Å². The van der Waals surface area contributed by atoms with Crippen LogP contribution in [0.2, 0.25) is 0 Å². The van der Waals surface area contributed by atoms with E-state index in [-0.39, 0.29) is 5.66 Å². The second-order valence-electron chi connectivity index (χ2n) is 6.32. The quantitative estimate of drug-likeness (QED) is 0.783. The zero-order valence-corrected chi connectivity index (χ0v) is 12.0. The van der Waals surface area contributed by atoms with Gasteiger partial charge in [0.25, 0.3) is 0 Å². The van der Waals surface area contributed by atoms with E-state index in [2.05, 4.69) is 9.88 Å². The van der Waals surface area contributed by atoms with Gasteiger partial charge in [-0.1, -0.05) is 6.42 Å². The van der Waals surface area contributed by atoms with Crippen LogP contribution in [0.3, 0.4) is 0 Å². The topological polar surface area (TPSA) is 40.9 Å². The van der Waals surface area contributed by atoms with Gasteiger partial charge in [0, 0.05) is 19.3 Å². The van der Waals surface area contributed by atoms with Crippen LogP contribution in [0, 0.1) is 0 Å². The van der Waals surface area contributed by atoms with E-state index in [0.717, 1.165) is 42.5 Å². The second kappa shape index (κ2) is 4.83. The van der Waals surface area contributed by atoms with Crippen molar-refractivity contribution in [3.8, 4) is 0 Å². The van der Waals surface area contributed by atoms with E-state index in [1.54, 1.807) is 0 Å². The zero-order chi connectivity index (χ0) is 13.4. The van der Waals surface area contributed by atoms with Crippen molar-refractivity contribution in [2.24, 2.45) is 9.98 Å². The molecule has 4 heteroatoms. The minimum Gasteiger partial charge on any atom is -0.355 e. The van der Waals surface area contributed by atoms with E-state index in [4.69, 9.17) is 9.98 Å². The normalized spacial score (nSPS) is 24.1. The standard InChI is InChI=1S/C16H22N4/c1-3-8-16(9-4-1)18-13-7-10-17-15(14(13)19-16)20-11-5-2-6-12-20/h7,10H,1-6,8-9,11-12H2. The molecule has 0 amide bonds.